The van der Waals surface area contributed by atoms with Crippen molar-refractivity contribution in [3.63, 3.8) is 0 Å². The molecule has 0 bridgehead atoms. The minimum atomic E-state index is 0.362. The maximum absolute atomic E-state index is 6.12. The van der Waals surface area contributed by atoms with Crippen molar-refractivity contribution < 1.29 is 4.74 Å². The minimum Gasteiger partial charge on any atom is -0.372 e. The zero-order valence-corrected chi connectivity index (χ0v) is 14.1. The molecule has 2 aliphatic rings. The molecule has 0 aliphatic carbocycles. The molecular formula is C18H23N3OS. The first-order valence-electron chi connectivity index (χ1n) is 8.35. The SMILES string of the molecule is c1cncc(CO[C@H]2C[C@@H]3CN(Cc4ccsc4)CCN3C2)c1. The summed E-state index contributed by atoms with van der Waals surface area (Å²) >= 11 is 1.79. The predicted molar refractivity (Wildman–Crippen MR) is 92.4 cm³/mol. The van der Waals surface area contributed by atoms with E-state index in [0.29, 0.717) is 18.8 Å². The smallest absolute Gasteiger partial charge is 0.0736 e. The topological polar surface area (TPSA) is 28.6 Å². The van der Waals surface area contributed by atoms with Crippen LogP contribution in [0.1, 0.15) is 17.5 Å². The monoisotopic (exact) mass is 329 g/mol. The number of ether oxygens (including phenoxy) is 1. The first-order chi connectivity index (χ1) is 11.4. The molecular weight excluding hydrogens is 306 g/mol. The maximum atomic E-state index is 6.12. The molecule has 2 aliphatic heterocycles. The average Bonchev–Trinajstić information content (AvgIpc) is 3.23. The van der Waals surface area contributed by atoms with Crippen LogP contribution in [0.4, 0.5) is 0 Å². The number of hydrogen-bond donors (Lipinski definition) is 0. The Labute approximate surface area is 141 Å². The number of nitrogens with zero attached hydrogens (tertiary/aromatic N) is 3. The summed E-state index contributed by atoms with van der Waals surface area (Å²) in [6.45, 7) is 6.36. The summed E-state index contributed by atoms with van der Waals surface area (Å²) in [6.07, 6.45) is 5.22. The van der Waals surface area contributed by atoms with E-state index in [2.05, 4.69) is 37.7 Å². The van der Waals surface area contributed by atoms with E-state index in [1.54, 1.807) is 17.5 Å². The Hall–Kier alpha value is -1.27. The van der Waals surface area contributed by atoms with Gasteiger partial charge in [-0.25, -0.2) is 0 Å². The van der Waals surface area contributed by atoms with Gasteiger partial charge in [-0.1, -0.05) is 6.07 Å². The molecule has 2 aromatic heterocycles. The van der Waals surface area contributed by atoms with E-state index in [1.807, 2.05) is 12.3 Å². The van der Waals surface area contributed by atoms with Gasteiger partial charge in [-0.15, -0.1) is 0 Å². The number of hydrogen-bond acceptors (Lipinski definition) is 5. The van der Waals surface area contributed by atoms with Crippen molar-refractivity contribution in [1.82, 2.24) is 14.8 Å². The summed E-state index contributed by atoms with van der Waals surface area (Å²) in [7, 11) is 0. The highest BCUT2D eigenvalue weighted by Gasteiger charge is 2.36. The third-order valence-electron chi connectivity index (χ3n) is 4.86. The third-order valence-corrected chi connectivity index (χ3v) is 5.59. The standard InChI is InChI=1S/C18H23N3OS/c1-2-15(9-19-4-1)13-22-18-8-17-11-20(5-6-21(17)12-18)10-16-3-7-23-14-16/h1-4,7,9,14,17-18H,5-6,8,10-13H2/t17-,18+/m1/s1. The van der Waals surface area contributed by atoms with Crippen LogP contribution in [0.15, 0.2) is 41.4 Å². The van der Waals surface area contributed by atoms with Gasteiger partial charge in [0, 0.05) is 51.2 Å². The molecule has 2 aromatic rings. The number of fused-ring (bicyclic) bond motifs is 1. The maximum Gasteiger partial charge on any atom is 0.0736 e. The van der Waals surface area contributed by atoms with Crippen LogP contribution < -0.4 is 0 Å². The first-order valence-corrected chi connectivity index (χ1v) is 9.29. The third kappa shape index (κ3) is 3.80. The van der Waals surface area contributed by atoms with Crippen molar-refractivity contribution >= 4 is 11.3 Å². The van der Waals surface area contributed by atoms with Gasteiger partial charge in [-0.05, 0) is 40.4 Å². The van der Waals surface area contributed by atoms with Crippen molar-refractivity contribution in [1.29, 1.82) is 0 Å². The zero-order chi connectivity index (χ0) is 15.5. The van der Waals surface area contributed by atoms with Crippen LogP contribution in [-0.4, -0.2) is 53.1 Å². The van der Waals surface area contributed by atoms with E-state index >= 15 is 0 Å². The molecule has 0 unspecified atom stereocenters. The molecule has 4 heterocycles. The quantitative estimate of drug-likeness (QED) is 0.843. The summed E-state index contributed by atoms with van der Waals surface area (Å²) < 4.78 is 6.12. The first kappa shape index (κ1) is 15.3. The van der Waals surface area contributed by atoms with Gasteiger partial charge in [0.05, 0.1) is 12.7 Å². The van der Waals surface area contributed by atoms with Crippen LogP contribution in [0, 0.1) is 0 Å². The molecule has 4 rings (SSSR count). The van der Waals surface area contributed by atoms with Gasteiger partial charge in [0.25, 0.3) is 0 Å². The number of aromatic nitrogens is 1. The summed E-state index contributed by atoms with van der Waals surface area (Å²) in [5, 5.41) is 4.43. The molecule has 0 spiro atoms. The van der Waals surface area contributed by atoms with Crippen molar-refractivity contribution in [2.75, 3.05) is 26.2 Å². The number of rotatable bonds is 5. The van der Waals surface area contributed by atoms with Crippen molar-refractivity contribution in [2.45, 2.75) is 31.7 Å². The van der Waals surface area contributed by atoms with Crippen LogP contribution in [0.25, 0.3) is 0 Å². The Morgan fingerprint density at radius 2 is 2.22 bits per heavy atom. The Morgan fingerprint density at radius 3 is 3.04 bits per heavy atom. The van der Waals surface area contributed by atoms with E-state index in [0.717, 1.165) is 25.1 Å². The van der Waals surface area contributed by atoms with Crippen LogP contribution >= 0.6 is 11.3 Å². The van der Waals surface area contributed by atoms with E-state index in [4.69, 9.17) is 4.74 Å². The number of pyridine rings is 1. The summed E-state index contributed by atoms with van der Waals surface area (Å²) in [5.41, 5.74) is 2.61. The summed E-state index contributed by atoms with van der Waals surface area (Å²) in [4.78, 5) is 9.35. The van der Waals surface area contributed by atoms with Gasteiger partial charge in [0.2, 0.25) is 0 Å². The Morgan fingerprint density at radius 1 is 1.22 bits per heavy atom. The zero-order valence-electron chi connectivity index (χ0n) is 13.3. The molecule has 0 amide bonds. The number of piperazine rings is 1. The lowest BCUT2D eigenvalue weighted by Crippen LogP contribution is -2.49. The van der Waals surface area contributed by atoms with Crippen LogP contribution in [0.2, 0.25) is 0 Å². The fourth-order valence-electron chi connectivity index (χ4n) is 3.66. The minimum absolute atomic E-state index is 0.362. The molecule has 4 nitrogen and oxygen atoms in total. The van der Waals surface area contributed by atoms with Gasteiger partial charge in [-0.2, -0.15) is 11.3 Å². The highest BCUT2D eigenvalue weighted by molar-refractivity contribution is 7.07. The molecule has 0 radical (unpaired) electrons. The fourth-order valence-corrected chi connectivity index (χ4v) is 4.32. The normalized spacial score (nSPS) is 25.6. The van der Waals surface area contributed by atoms with Gasteiger partial charge in [-0.3, -0.25) is 14.8 Å². The van der Waals surface area contributed by atoms with Gasteiger partial charge < -0.3 is 4.74 Å². The Bertz CT molecular complexity index is 604. The van der Waals surface area contributed by atoms with Gasteiger partial charge >= 0.3 is 0 Å². The average molecular weight is 329 g/mol. The van der Waals surface area contributed by atoms with Gasteiger partial charge in [0.15, 0.2) is 0 Å². The molecule has 23 heavy (non-hydrogen) atoms. The second-order valence-corrected chi connectivity index (χ2v) is 7.33. The van der Waals surface area contributed by atoms with Crippen molar-refractivity contribution in [3.05, 3.63) is 52.5 Å². The molecule has 2 saturated heterocycles. The highest BCUT2D eigenvalue weighted by atomic mass is 32.1. The second kappa shape index (κ2) is 7.09. The summed E-state index contributed by atoms with van der Waals surface area (Å²) in [6, 6.07) is 6.95. The lowest BCUT2D eigenvalue weighted by molar-refractivity contribution is 0.0457. The Kier molecular flexibility index (Phi) is 4.71. The van der Waals surface area contributed by atoms with Crippen LogP contribution in [-0.2, 0) is 17.9 Å². The van der Waals surface area contributed by atoms with Crippen molar-refractivity contribution in [3.8, 4) is 0 Å². The fraction of sp³-hybridized carbons (Fsp3) is 0.500. The summed E-state index contributed by atoms with van der Waals surface area (Å²) in [5.74, 6) is 0. The molecule has 2 atom stereocenters. The molecule has 0 aromatic carbocycles. The second-order valence-electron chi connectivity index (χ2n) is 6.55. The molecule has 122 valence electrons. The highest BCUT2D eigenvalue weighted by Crippen LogP contribution is 2.25. The van der Waals surface area contributed by atoms with E-state index in [9.17, 15) is 0 Å². The number of thiophene rings is 1. The van der Waals surface area contributed by atoms with E-state index in [-0.39, 0.29) is 0 Å². The molecule has 0 N–H and O–H groups in total. The Balaban J connectivity index is 1.27. The largest absolute Gasteiger partial charge is 0.372 e. The van der Waals surface area contributed by atoms with E-state index in [1.165, 1.54) is 25.2 Å². The molecule has 2 fully saturated rings. The molecule has 0 saturated carbocycles. The molecule has 5 heteroatoms. The predicted octanol–water partition coefficient (Wildman–Crippen LogP) is 2.62. The van der Waals surface area contributed by atoms with E-state index < -0.39 is 0 Å². The van der Waals surface area contributed by atoms with Crippen LogP contribution in [0.5, 0.6) is 0 Å². The lowest BCUT2D eigenvalue weighted by atomic mass is 10.1. The van der Waals surface area contributed by atoms with Crippen LogP contribution in [0.3, 0.4) is 0 Å². The van der Waals surface area contributed by atoms with Gasteiger partial charge in [0.1, 0.15) is 0 Å². The lowest BCUT2D eigenvalue weighted by Gasteiger charge is -2.37. The van der Waals surface area contributed by atoms with Crippen molar-refractivity contribution in [2.24, 2.45) is 0 Å².